The number of aromatic nitrogens is 2. The number of thioether (sulfide) groups is 1. The Labute approximate surface area is 301 Å². The van der Waals surface area contributed by atoms with Crippen molar-refractivity contribution in [2.45, 2.75) is 125 Å². The molecule has 0 bridgehead atoms. The summed E-state index contributed by atoms with van der Waals surface area (Å²) in [5.41, 5.74) is 4.84. The van der Waals surface area contributed by atoms with Crippen LogP contribution in [0.3, 0.4) is 0 Å². The van der Waals surface area contributed by atoms with Crippen molar-refractivity contribution in [1.82, 2.24) is 15.4 Å². The number of hydrogen-bond acceptors (Lipinski definition) is 8. The fourth-order valence-electron chi connectivity index (χ4n) is 5.78. The van der Waals surface area contributed by atoms with Crippen LogP contribution in [0.2, 0.25) is 0 Å². The summed E-state index contributed by atoms with van der Waals surface area (Å²) in [6, 6.07) is 16.9. The SMILES string of the molecule is CCCCCCCCCCCCCCCCC(c1nc(SC2CC(c3ccccc3)=NNC2=O)c2ccccc2n1)S(=O)(=O)[O-].[Na+]. The Kier molecular flexibility index (Phi) is 17.2. The van der Waals surface area contributed by atoms with Crippen molar-refractivity contribution in [1.29, 1.82) is 0 Å². The van der Waals surface area contributed by atoms with E-state index in [4.69, 9.17) is 0 Å². The number of carbonyl (C=O) groups excluding carboxylic acids is 1. The molecule has 0 spiro atoms. The maximum atomic E-state index is 12.8. The normalized spacial score (nSPS) is 15.7. The van der Waals surface area contributed by atoms with Crippen molar-refractivity contribution in [2.24, 2.45) is 5.10 Å². The van der Waals surface area contributed by atoms with Gasteiger partial charge in [0.2, 0.25) is 0 Å². The molecular formula is C35H47N4NaO4S2. The number of benzene rings is 2. The number of para-hydroxylation sites is 1. The van der Waals surface area contributed by atoms with E-state index in [0.29, 0.717) is 28.8 Å². The molecule has 0 aliphatic carbocycles. The van der Waals surface area contributed by atoms with E-state index < -0.39 is 20.6 Å². The number of nitrogens with one attached hydrogen (secondary N) is 1. The summed E-state index contributed by atoms with van der Waals surface area (Å²) in [4.78, 5) is 22.0. The molecule has 244 valence electrons. The molecule has 1 aliphatic rings. The zero-order chi connectivity index (χ0) is 31.9. The average Bonchev–Trinajstić information content (AvgIpc) is 3.03. The Hall–Kier alpha value is -1.82. The van der Waals surface area contributed by atoms with Crippen LogP contribution in [0.4, 0.5) is 0 Å². The van der Waals surface area contributed by atoms with Gasteiger partial charge in [-0.25, -0.2) is 23.8 Å². The van der Waals surface area contributed by atoms with Crippen molar-refractivity contribution in [3.05, 3.63) is 66.0 Å². The quantitative estimate of drug-likeness (QED) is 0.0729. The van der Waals surface area contributed by atoms with Gasteiger partial charge in [0, 0.05) is 11.8 Å². The van der Waals surface area contributed by atoms with E-state index in [2.05, 4.69) is 27.4 Å². The number of amides is 1. The van der Waals surface area contributed by atoms with Crippen LogP contribution in [0.5, 0.6) is 0 Å². The zero-order valence-corrected chi connectivity index (χ0v) is 31.1. The summed E-state index contributed by atoms with van der Waals surface area (Å²) in [7, 11) is -4.69. The number of hydrogen-bond donors (Lipinski definition) is 1. The van der Waals surface area contributed by atoms with Crippen molar-refractivity contribution < 1.29 is 47.3 Å². The van der Waals surface area contributed by atoms with Gasteiger partial charge in [-0.3, -0.25) is 4.79 Å². The maximum Gasteiger partial charge on any atom is 1.00 e. The molecule has 1 aromatic heterocycles. The molecule has 0 fully saturated rings. The Bertz CT molecular complexity index is 1500. The van der Waals surface area contributed by atoms with Gasteiger partial charge >= 0.3 is 29.6 Å². The molecule has 2 unspecified atom stereocenters. The van der Waals surface area contributed by atoms with Crippen LogP contribution in [0.1, 0.15) is 126 Å². The van der Waals surface area contributed by atoms with E-state index in [1.54, 1.807) is 6.07 Å². The standard InChI is InChI=1S/C35H48N4O4S2.Na/c1-2-3-4-5-6-7-8-9-10-11-12-13-14-18-25-32(45(41,42)43)33-36-29-24-20-19-23-28(29)35(37-33)44-31-26-30(38-39-34(31)40)27-21-16-15-17-22-27;/h15-17,19-24,31-32H,2-14,18,25-26H2,1H3,(H,39,40)(H,41,42,43);/q;+1/p-1. The molecule has 8 nitrogen and oxygen atoms in total. The van der Waals surface area contributed by atoms with E-state index in [1.165, 1.54) is 76.0 Å². The Morgan fingerprint density at radius 3 is 2.00 bits per heavy atom. The van der Waals surface area contributed by atoms with Crippen LogP contribution >= 0.6 is 11.8 Å². The summed E-state index contributed by atoms with van der Waals surface area (Å²) < 4.78 is 37.4. The summed E-state index contributed by atoms with van der Waals surface area (Å²) in [5, 5.41) is 3.58. The molecule has 46 heavy (non-hydrogen) atoms. The van der Waals surface area contributed by atoms with Gasteiger partial charge in [0.1, 0.15) is 26.2 Å². The molecule has 2 atom stereocenters. The third kappa shape index (κ3) is 12.3. The van der Waals surface area contributed by atoms with Crippen LogP contribution in [-0.2, 0) is 14.9 Å². The zero-order valence-electron chi connectivity index (χ0n) is 27.5. The number of rotatable bonds is 20. The van der Waals surface area contributed by atoms with Gasteiger partial charge in [0.15, 0.2) is 0 Å². The van der Waals surface area contributed by atoms with Gasteiger partial charge in [0.25, 0.3) is 5.91 Å². The Balaban J connectivity index is 0.00000576. The second-order valence-corrected chi connectivity index (χ2v) is 14.7. The molecule has 0 saturated carbocycles. The van der Waals surface area contributed by atoms with Gasteiger partial charge in [-0.05, 0) is 18.1 Å². The number of hydrazone groups is 1. The van der Waals surface area contributed by atoms with Gasteiger partial charge in [-0.15, -0.1) is 0 Å². The van der Waals surface area contributed by atoms with Crippen molar-refractivity contribution >= 4 is 44.4 Å². The fourth-order valence-corrected chi connectivity index (χ4v) is 7.71. The number of nitrogens with zero attached hydrogens (tertiary/aromatic N) is 3. The smallest absolute Gasteiger partial charge is 0.747 e. The molecule has 11 heteroatoms. The molecule has 1 amide bonds. The molecule has 0 radical (unpaired) electrons. The molecule has 2 aromatic carbocycles. The van der Waals surface area contributed by atoms with Gasteiger partial charge in [0.05, 0.1) is 16.5 Å². The third-order valence-electron chi connectivity index (χ3n) is 8.37. The van der Waals surface area contributed by atoms with Crippen LogP contribution < -0.4 is 35.0 Å². The minimum atomic E-state index is -4.69. The summed E-state index contributed by atoms with van der Waals surface area (Å²) in [6.45, 7) is 2.25. The van der Waals surface area contributed by atoms with E-state index >= 15 is 0 Å². The molecule has 2 heterocycles. The first-order chi connectivity index (χ1) is 21.9. The van der Waals surface area contributed by atoms with Gasteiger partial charge in [-0.1, -0.05) is 157 Å². The van der Waals surface area contributed by atoms with Crippen LogP contribution in [0.15, 0.2) is 64.7 Å². The number of unbranched alkanes of at least 4 members (excludes halogenated alkanes) is 13. The Morgan fingerprint density at radius 2 is 1.39 bits per heavy atom. The first-order valence-electron chi connectivity index (χ1n) is 16.7. The summed E-state index contributed by atoms with van der Waals surface area (Å²) in [6.07, 6.45) is 17.3. The number of fused-ring (bicyclic) bond motifs is 1. The second kappa shape index (κ2) is 20.5. The molecule has 4 rings (SSSR count). The van der Waals surface area contributed by atoms with E-state index in [-0.39, 0.29) is 47.7 Å². The van der Waals surface area contributed by atoms with E-state index in [1.807, 2.05) is 48.5 Å². The molecular weight excluding hydrogens is 628 g/mol. The predicted molar refractivity (Wildman–Crippen MR) is 182 cm³/mol. The van der Waals surface area contributed by atoms with Gasteiger partial charge in [-0.2, -0.15) is 5.10 Å². The van der Waals surface area contributed by atoms with E-state index in [9.17, 15) is 17.8 Å². The first-order valence-corrected chi connectivity index (χ1v) is 19.0. The molecule has 1 N–H and O–H groups in total. The maximum absolute atomic E-state index is 12.8. The largest absolute Gasteiger partial charge is 1.00 e. The first kappa shape index (κ1) is 38.6. The van der Waals surface area contributed by atoms with Crippen LogP contribution in [0, 0.1) is 0 Å². The van der Waals surface area contributed by atoms with Crippen LogP contribution in [0.25, 0.3) is 10.9 Å². The predicted octanol–water partition coefficient (Wildman–Crippen LogP) is 5.48. The minimum Gasteiger partial charge on any atom is -0.747 e. The topological polar surface area (TPSA) is 124 Å². The minimum absolute atomic E-state index is 0. The molecule has 3 aromatic rings. The second-order valence-electron chi connectivity index (χ2n) is 12.0. The summed E-state index contributed by atoms with van der Waals surface area (Å²) in [5.74, 6) is -0.242. The number of carbonyl (C=O) groups is 1. The molecule has 1 aliphatic heterocycles. The third-order valence-corrected chi connectivity index (χ3v) is 10.7. The Morgan fingerprint density at radius 1 is 0.826 bits per heavy atom. The van der Waals surface area contributed by atoms with Crippen LogP contribution in [-0.4, -0.2) is 39.8 Å². The molecule has 0 saturated heterocycles. The van der Waals surface area contributed by atoms with Gasteiger partial charge < -0.3 is 4.55 Å². The van der Waals surface area contributed by atoms with Crippen molar-refractivity contribution in [3.8, 4) is 0 Å². The monoisotopic (exact) mass is 674 g/mol. The van der Waals surface area contributed by atoms with Crippen molar-refractivity contribution in [2.75, 3.05) is 0 Å². The van der Waals surface area contributed by atoms with Crippen molar-refractivity contribution in [3.63, 3.8) is 0 Å². The fraction of sp³-hybridized carbons (Fsp3) is 0.543. The summed E-state index contributed by atoms with van der Waals surface area (Å²) >= 11 is 1.25. The van der Waals surface area contributed by atoms with E-state index in [0.717, 1.165) is 30.5 Å². The average molecular weight is 675 g/mol.